The molecule has 2 atom stereocenters. The maximum Gasteiger partial charge on any atom is 0.201 e. The predicted octanol–water partition coefficient (Wildman–Crippen LogP) is 4.16. The molecule has 1 aromatic carbocycles. The van der Waals surface area contributed by atoms with Gasteiger partial charge in [-0.1, -0.05) is 31.4 Å². The van der Waals surface area contributed by atoms with Crippen molar-refractivity contribution in [3.63, 3.8) is 0 Å². The molecule has 0 bridgehead atoms. The van der Waals surface area contributed by atoms with Crippen molar-refractivity contribution in [1.29, 1.82) is 0 Å². The summed E-state index contributed by atoms with van der Waals surface area (Å²) in [6.45, 7) is 2.22. The summed E-state index contributed by atoms with van der Waals surface area (Å²) in [5, 5.41) is 0.0915. The van der Waals surface area contributed by atoms with Gasteiger partial charge in [0.25, 0.3) is 0 Å². The molecule has 19 heavy (non-hydrogen) atoms. The van der Waals surface area contributed by atoms with Crippen LogP contribution in [0, 0.1) is 11.7 Å². The number of nitrogens with two attached hydrogens (primary N) is 1. The number of nitrogen functional groups attached to an aromatic ring is 1. The highest BCUT2D eigenvalue weighted by Crippen LogP contribution is 2.38. The molecule has 3 rings (SSSR count). The average Bonchev–Trinajstić information content (AvgIpc) is 2.66. The molecule has 0 spiro atoms. The molecule has 2 aromatic rings. The lowest BCUT2D eigenvalue weighted by Crippen LogP contribution is -2.22. The molecule has 5 heteroatoms. The fourth-order valence-corrected chi connectivity index (χ4v) is 3.30. The fourth-order valence-electron chi connectivity index (χ4n) is 3.14. The van der Waals surface area contributed by atoms with Crippen LogP contribution in [0.15, 0.2) is 12.1 Å². The van der Waals surface area contributed by atoms with Crippen molar-refractivity contribution in [2.24, 2.45) is 5.92 Å². The van der Waals surface area contributed by atoms with Gasteiger partial charge >= 0.3 is 0 Å². The van der Waals surface area contributed by atoms with Gasteiger partial charge in [-0.15, -0.1) is 0 Å². The van der Waals surface area contributed by atoms with Crippen LogP contribution in [-0.2, 0) is 0 Å². The van der Waals surface area contributed by atoms with Crippen LogP contribution < -0.4 is 5.73 Å². The Kier molecular flexibility index (Phi) is 3.13. The normalized spacial score (nSPS) is 23.9. The summed E-state index contributed by atoms with van der Waals surface area (Å²) in [6.07, 6.45) is 4.69. The molecule has 1 aliphatic carbocycles. The lowest BCUT2D eigenvalue weighted by Gasteiger charge is -2.31. The Morgan fingerprint density at radius 3 is 2.84 bits per heavy atom. The van der Waals surface area contributed by atoms with Gasteiger partial charge in [0, 0.05) is 12.1 Å². The second-order valence-electron chi connectivity index (χ2n) is 5.42. The number of nitrogens with zero attached hydrogens (tertiary/aromatic N) is 2. The minimum atomic E-state index is -0.418. The molecular weight excluding hydrogens is 265 g/mol. The van der Waals surface area contributed by atoms with Crippen LogP contribution in [0.1, 0.15) is 38.6 Å². The van der Waals surface area contributed by atoms with Gasteiger partial charge in [0.15, 0.2) is 0 Å². The summed E-state index contributed by atoms with van der Waals surface area (Å²) < 4.78 is 15.7. The third-order valence-corrected chi connectivity index (χ3v) is 4.45. The van der Waals surface area contributed by atoms with E-state index in [1.165, 1.54) is 25.3 Å². The fraction of sp³-hybridized carbons (Fsp3) is 0.500. The Hall–Kier alpha value is -1.29. The number of benzene rings is 1. The van der Waals surface area contributed by atoms with Crippen LogP contribution in [0.4, 0.5) is 10.3 Å². The second kappa shape index (κ2) is 4.67. The molecule has 1 aromatic heterocycles. The Morgan fingerprint density at radius 2 is 2.11 bits per heavy atom. The lowest BCUT2D eigenvalue weighted by atomic mass is 9.85. The van der Waals surface area contributed by atoms with Gasteiger partial charge in [-0.2, -0.15) is 0 Å². The van der Waals surface area contributed by atoms with E-state index < -0.39 is 5.82 Å². The van der Waals surface area contributed by atoms with E-state index in [9.17, 15) is 4.39 Å². The average molecular weight is 282 g/mol. The van der Waals surface area contributed by atoms with Crippen LogP contribution in [0.3, 0.4) is 0 Å². The Labute approximate surface area is 116 Å². The summed E-state index contributed by atoms with van der Waals surface area (Å²) in [7, 11) is 0. The van der Waals surface area contributed by atoms with Crippen molar-refractivity contribution < 1.29 is 4.39 Å². The van der Waals surface area contributed by atoms with E-state index in [1.54, 1.807) is 6.07 Å². The highest BCUT2D eigenvalue weighted by Gasteiger charge is 2.26. The Bertz CT molecular complexity index is 623. The summed E-state index contributed by atoms with van der Waals surface area (Å²) >= 11 is 5.80. The summed E-state index contributed by atoms with van der Waals surface area (Å²) in [4.78, 5) is 4.31. The number of anilines is 1. The largest absolute Gasteiger partial charge is 0.369 e. The van der Waals surface area contributed by atoms with Gasteiger partial charge in [-0.05, 0) is 24.8 Å². The van der Waals surface area contributed by atoms with Gasteiger partial charge < -0.3 is 10.3 Å². The predicted molar refractivity (Wildman–Crippen MR) is 75.8 cm³/mol. The van der Waals surface area contributed by atoms with E-state index in [0.717, 1.165) is 11.9 Å². The van der Waals surface area contributed by atoms with Crippen LogP contribution in [0.5, 0.6) is 0 Å². The topological polar surface area (TPSA) is 43.8 Å². The highest BCUT2D eigenvalue weighted by molar-refractivity contribution is 6.31. The number of aromatic nitrogens is 2. The van der Waals surface area contributed by atoms with Gasteiger partial charge in [0.1, 0.15) is 5.82 Å². The lowest BCUT2D eigenvalue weighted by molar-refractivity contribution is 0.264. The number of imidazole rings is 1. The molecular formula is C14H17ClFN3. The number of fused-ring (bicyclic) bond motifs is 1. The molecule has 0 radical (unpaired) electrons. The van der Waals surface area contributed by atoms with Crippen LogP contribution >= 0.6 is 11.6 Å². The minimum absolute atomic E-state index is 0.0915. The Balaban J connectivity index is 2.16. The van der Waals surface area contributed by atoms with E-state index >= 15 is 0 Å². The highest BCUT2D eigenvalue weighted by atomic mass is 35.5. The number of halogens is 2. The molecule has 1 aliphatic rings. The van der Waals surface area contributed by atoms with Crippen molar-refractivity contribution in [2.75, 3.05) is 5.73 Å². The van der Waals surface area contributed by atoms with E-state index in [1.807, 2.05) is 4.57 Å². The number of hydrogen-bond donors (Lipinski definition) is 1. The summed E-state index contributed by atoms with van der Waals surface area (Å²) in [6, 6.07) is 3.30. The molecule has 1 fully saturated rings. The first kappa shape index (κ1) is 12.7. The monoisotopic (exact) mass is 281 g/mol. The zero-order valence-electron chi connectivity index (χ0n) is 10.9. The van der Waals surface area contributed by atoms with Crippen molar-refractivity contribution in [3.05, 3.63) is 23.0 Å². The molecule has 0 saturated heterocycles. The van der Waals surface area contributed by atoms with Crippen LogP contribution in [0.25, 0.3) is 11.0 Å². The van der Waals surface area contributed by atoms with Crippen LogP contribution in [0.2, 0.25) is 5.02 Å². The van der Waals surface area contributed by atoms with Gasteiger partial charge in [0.2, 0.25) is 5.95 Å². The van der Waals surface area contributed by atoms with Gasteiger partial charge in [-0.25, -0.2) is 9.37 Å². The third kappa shape index (κ3) is 2.08. The smallest absolute Gasteiger partial charge is 0.201 e. The molecule has 2 unspecified atom stereocenters. The number of hydrogen-bond acceptors (Lipinski definition) is 2. The molecule has 0 amide bonds. The standard InChI is InChI=1S/C14H17ClFN3/c1-8-4-2-3-5-12(8)19-13-7-10(16)9(15)6-11(13)18-14(19)17/h6-8,12H,2-5H2,1H3,(H2,17,18). The molecule has 102 valence electrons. The first-order valence-electron chi connectivity index (χ1n) is 6.70. The molecule has 3 nitrogen and oxygen atoms in total. The quantitative estimate of drug-likeness (QED) is 0.853. The van der Waals surface area contributed by atoms with E-state index in [2.05, 4.69) is 11.9 Å². The Morgan fingerprint density at radius 1 is 1.37 bits per heavy atom. The van der Waals surface area contributed by atoms with Gasteiger partial charge in [0.05, 0.1) is 16.1 Å². The third-order valence-electron chi connectivity index (χ3n) is 4.16. The maximum absolute atomic E-state index is 13.7. The van der Waals surface area contributed by atoms with Crippen molar-refractivity contribution in [3.8, 4) is 0 Å². The van der Waals surface area contributed by atoms with Crippen molar-refractivity contribution in [2.45, 2.75) is 38.6 Å². The van der Waals surface area contributed by atoms with Crippen molar-refractivity contribution in [1.82, 2.24) is 9.55 Å². The summed E-state index contributed by atoms with van der Waals surface area (Å²) in [5.41, 5.74) is 7.45. The van der Waals surface area contributed by atoms with E-state index in [0.29, 0.717) is 23.4 Å². The first-order valence-corrected chi connectivity index (χ1v) is 7.08. The zero-order chi connectivity index (χ0) is 13.6. The SMILES string of the molecule is CC1CCCCC1n1c(N)nc2cc(Cl)c(F)cc21. The molecule has 2 N–H and O–H groups in total. The van der Waals surface area contributed by atoms with Crippen molar-refractivity contribution >= 4 is 28.6 Å². The molecule has 1 heterocycles. The minimum Gasteiger partial charge on any atom is -0.369 e. The first-order chi connectivity index (χ1) is 9.08. The summed E-state index contributed by atoms with van der Waals surface area (Å²) in [5.74, 6) is 0.571. The molecule has 0 aliphatic heterocycles. The van der Waals surface area contributed by atoms with E-state index in [-0.39, 0.29) is 5.02 Å². The van der Waals surface area contributed by atoms with Gasteiger partial charge in [-0.3, -0.25) is 0 Å². The number of rotatable bonds is 1. The second-order valence-corrected chi connectivity index (χ2v) is 5.83. The van der Waals surface area contributed by atoms with E-state index in [4.69, 9.17) is 17.3 Å². The maximum atomic E-state index is 13.7. The molecule has 1 saturated carbocycles. The van der Waals surface area contributed by atoms with Crippen LogP contribution in [-0.4, -0.2) is 9.55 Å². The zero-order valence-corrected chi connectivity index (χ0v) is 11.6.